The minimum Gasteiger partial charge on any atom is -0.361 e. The Morgan fingerprint density at radius 3 is 2.90 bits per heavy atom. The van der Waals surface area contributed by atoms with Crippen molar-refractivity contribution in [2.75, 3.05) is 6.54 Å². The lowest BCUT2D eigenvalue weighted by atomic mass is 10.1. The topological polar surface area (TPSA) is 29.3 Å². The number of hydrogen-bond acceptors (Lipinski definition) is 3. The van der Waals surface area contributed by atoms with Gasteiger partial charge in [0.05, 0.1) is 6.04 Å². The molecule has 0 unspecified atom stereocenters. The van der Waals surface area contributed by atoms with E-state index in [4.69, 9.17) is 4.52 Å². The smallest absolute Gasteiger partial charge is 0.139 e. The van der Waals surface area contributed by atoms with Crippen LogP contribution in [0.3, 0.4) is 0 Å². The SMILES string of the molecule is Cc1cccc(CN2CCC[C@H]2c2cc(C(C)C)on2)c1. The van der Waals surface area contributed by atoms with Crippen molar-refractivity contribution in [3.05, 3.63) is 52.9 Å². The molecule has 112 valence electrons. The molecule has 1 saturated heterocycles. The van der Waals surface area contributed by atoms with Gasteiger partial charge >= 0.3 is 0 Å². The molecule has 0 bridgehead atoms. The van der Waals surface area contributed by atoms with Gasteiger partial charge in [0.25, 0.3) is 0 Å². The van der Waals surface area contributed by atoms with E-state index in [0.29, 0.717) is 12.0 Å². The lowest BCUT2D eigenvalue weighted by Crippen LogP contribution is -2.23. The van der Waals surface area contributed by atoms with Gasteiger partial charge in [0.2, 0.25) is 0 Å². The van der Waals surface area contributed by atoms with Gasteiger partial charge in [-0.3, -0.25) is 4.90 Å². The number of benzene rings is 1. The molecule has 0 spiro atoms. The highest BCUT2D eigenvalue weighted by Gasteiger charge is 2.28. The Hall–Kier alpha value is -1.61. The molecule has 3 heteroatoms. The molecule has 0 radical (unpaired) electrons. The second-order valence-electron chi connectivity index (χ2n) is 6.43. The molecule has 3 rings (SSSR count). The molecule has 1 aromatic carbocycles. The summed E-state index contributed by atoms with van der Waals surface area (Å²) >= 11 is 0. The van der Waals surface area contributed by atoms with Crippen LogP contribution >= 0.6 is 0 Å². The number of rotatable bonds is 4. The molecule has 3 nitrogen and oxygen atoms in total. The van der Waals surface area contributed by atoms with Crippen molar-refractivity contribution in [3.8, 4) is 0 Å². The summed E-state index contributed by atoms with van der Waals surface area (Å²) in [5, 5.41) is 4.31. The third kappa shape index (κ3) is 3.18. The van der Waals surface area contributed by atoms with Crippen molar-refractivity contribution in [3.63, 3.8) is 0 Å². The first-order valence-corrected chi connectivity index (χ1v) is 7.89. The predicted molar refractivity (Wildman–Crippen MR) is 84.2 cm³/mol. The van der Waals surface area contributed by atoms with E-state index in [1.165, 1.54) is 24.0 Å². The Labute approximate surface area is 126 Å². The van der Waals surface area contributed by atoms with E-state index in [2.05, 4.69) is 61.2 Å². The molecule has 21 heavy (non-hydrogen) atoms. The van der Waals surface area contributed by atoms with Crippen molar-refractivity contribution in [1.82, 2.24) is 10.1 Å². The van der Waals surface area contributed by atoms with Crippen LogP contribution in [-0.4, -0.2) is 16.6 Å². The Kier molecular flexibility index (Phi) is 4.11. The van der Waals surface area contributed by atoms with Crippen molar-refractivity contribution >= 4 is 0 Å². The maximum absolute atomic E-state index is 5.48. The molecule has 1 fully saturated rings. The normalized spacial score (nSPS) is 19.5. The number of likely N-dealkylation sites (tertiary alicyclic amines) is 1. The van der Waals surface area contributed by atoms with Crippen LogP contribution in [0, 0.1) is 6.92 Å². The van der Waals surface area contributed by atoms with Crippen LogP contribution in [0.2, 0.25) is 0 Å². The van der Waals surface area contributed by atoms with Crippen LogP contribution in [0.4, 0.5) is 0 Å². The monoisotopic (exact) mass is 284 g/mol. The maximum Gasteiger partial charge on any atom is 0.139 e. The summed E-state index contributed by atoms with van der Waals surface area (Å²) in [6.45, 7) is 8.57. The van der Waals surface area contributed by atoms with Gasteiger partial charge < -0.3 is 4.52 Å². The fourth-order valence-electron chi connectivity index (χ4n) is 3.13. The zero-order valence-corrected chi connectivity index (χ0v) is 13.2. The van der Waals surface area contributed by atoms with Crippen LogP contribution in [0.25, 0.3) is 0 Å². The van der Waals surface area contributed by atoms with E-state index < -0.39 is 0 Å². The van der Waals surface area contributed by atoms with Crippen LogP contribution in [-0.2, 0) is 6.54 Å². The predicted octanol–water partition coefficient (Wildman–Crippen LogP) is 4.44. The van der Waals surface area contributed by atoms with E-state index >= 15 is 0 Å². The average Bonchev–Trinajstić information content (AvgIpc) is 3.06. The zero-order chi connectivity index (χ0) is 14.8. The molecule has 0 saturated carbocycles. The minimum atomic E-state index is 0.401. The summed E-state index contributed by atoms with van der Waals surface area (Å²) < 4.78 is 5.48. The van der Waals surface area contributed by atoms with Crippen molar-refractivity contribution < 1.29 is 4.52 Å². The first-order chi connectivity index (χ1) is 10.1. The van der Waals surface area contributed by atoms with Crippen LogP contribution in [0.15, 0.2) is 34.9 Å². The van der Waals surface area contributed by atoms with Crippen molar-refractivity contribution in [2.45, 2.75) is 52.1 Å². The van der Waals surface area contributed by atoms with Gasteiger partial charge in [0, 0.05) is 18.5 Å². The van der Waals surface area contributed by atoms with Gasteiger partial charge in [-0.05, 0) is 31.9 Å². The summed E-state index contributed by atoms with van der Waals surface area (Å²) in [6.07, 6.45) is 2.41. The van der Waals surface area contributed by atoms with E-state index in [0.717, 1.165) is 24.5 Å². The van der Waals surface area contributed by atoms with Gasteiger partial charge in [0.15, 0.2) is 0 Å². The number of hydrogen-bond donors (Lipinski definition) is 0. The third-order valence-corrected chi connectivity index (χ3v) is 4.29. The summed E-state index contributed by atoms with van der Waals surface area (Å²) in [5.74, 6) is 1.39. The molecule has 1 aliphatic heterocycles. The van der Waals surface area contributed by atoms with Gasteiger partial charge in [-0.15, -0.1) is 0 Å². The molecule has 1 atom stereocenters. The second-order valence-corrected chi connectivity index (χ2v) is 6.43. The standard InChI is InChI=1S/C18H24N2O/c1-13(2)18-11-16(19-21-18)17-8-5-9-20(17)12-15-7-4-6-14(3)10-15/h4,6-7,10-11,13,17H,5,8-9,12H2,1-3H3/t17-/m0/s1. The highest BCUT2D eigenvalue weighted by molar-refractivity contribution is 5.23. The molecule has 2 aromatic rings. The van der Waals surface area contributed by atoms with Crippen LogP contribution in [0.1, 0.15) is 61.2 Å². The second kappa shape index (κ2) is 6.02. The summed E-state index contributed by atoms with van der Waals surface area (Å²) in [6, 6.07) is 11.3. The molecule has 1 aromatic heterocycles. The van der Waals surface area contributed by atoms with Gasteiger partial charge in [0.1, 0.15) is 11.5 Å². The van der Waals surface area contributed by atoms with E-state index in [1.54, 1.807) is 0 Å². The van der Waals surface area contributed by atoms with Gasteiger partial charge in [-0.25, -0.2) is 0 Å². The Balaban J connectivity index is 1.75. The van der Waals surface area contributed by atoms with E-state index in [9.17, 15) is 0 Å². The molecular formula is C18H24N2O. The van der Waals surface area contributed by atoms with Gasteiger partial charge in [-0.2, -0.15) is 0 Å². The van der Waals surface area contributed by atoms with E-state index in [-0.39, 0.29) is 0 Å². The lowest BCUT2D eigenvalue weighted by Gasteiger charge is -2.22. The summed E-state index contributed by atoms with van der Waals surface area (Å²) in [5.41, 5.74) is 3.81. The minimum absolute atomic E-state index is 0.401. The first kappa shape index (κ1) is 14.3. The van der Waals surface area contributed by atoms with Crippen molar-refractivity contribution in [1.29, 1.82) is 0 Å². The fraction of sp³-hybridized carbons (Fsp3) is 0.500. The Morgan fingerprint density at radius 2 is 2.19 bits per heavy atom. The maximum atomic E-state index is 5.48. The first-order valence-electron chi connectivity index (χ1n) is 7.89. The summed E-state index contributed by atoms with van der Waals surface area (Å²) in [7, 11) is 0. The average molecular weight is 284 g/mol. The number of aryl methyl sites for hydroxylation is 1. The quantitative estimate of drug-likeness (QED) is 0.831. The molecule has 2 heterocycles. The lowest BCUT2D eigenvalue weighted by molar-refractivity contribution is 0.236. The molecule has 0 amide bonds. The molecule has 0 aliphatic carbocycles. The highest BCUT2D eigenvalue weighted by Crippen LogP contribution is 2.33. The van der Waals surface area contributed by atoms with Crippen LogP contribution < -0.4 is 0 Å². The zero-order valence-electron chi connectivity index (χ0n) is 13.2. The molecule has 0 N–H and O–H groups in total. The summed E-state index contributed by atoms with van der Waals surface area (Å²) in [4.78, 5) is 2.52. The molecule has 1 aliphatic rings. The van der Waals surface area contributed by atoms with Crippen molar-refractivity contribution in [2.24, 2.45) is 0 Å². The number of aromatic nitrogens is 1. The molecular weight excluding hydrogens is 260 g/mol. The highest BCUT2D eigenvalue weighted by atomic mass is 16.5. The van der Waals surface area contributed by atoms with Gasteiger partial charge in [-0.1, -0.05) is 48.8 Å². The van der Waals surface area contributed by atoms with Crippen LogP contribution in [0.5, 0.6) is 0 Å². The third-order valence-electron chi connectivity index (χ3n) is 4.29. The Morgan fingerprint density at radius 1 is 1.33 bits per heavy atom. The number of nitrogens with zero attached hydrogens (tertiary/aromatic N) is 2. The van der Waals surface area contributed by atoms with E-state index in [1.807, 2.05) is 0 Å². The largest absolute Gasteiger partial charge is 0.361 e. The fourth-order valence-corrected chi connectivity index (χ4v) is 3.13. The Bertz CT molecular complexity index is 603.